The molecule has 1 N–H and O–H groups in total. The van der Waals surface area contributed by atoms with Gasteiger partial charge in [-0.25, -0.2) is 0 Å². The molecule has 1 aromatic carbocycles. The third-order valence-electron chi connectivity index (χ3n) is 3.18. The van der Waals surface area contributed by atoms with Crippen molar-refractivity contribution in [1.29, 1.82) is 0 Å². The fourth-order valence-corrected chi connectivity index (χ4v) is 2.19. The zero-order valence-electron chi connectivity index (χ0n) is 11.1. The van der Waals surface area contributed by atoms with Crippen molar-refractivity contribution in [3.8, 4) is 5.75 Å². The molecule has 0 unspecified atom stereocenters. The van der Waals surface area contributed by atoms with Gasteiger partial charge >= 0.3 is 0 Å². The van der Waals surface area contributed by atoms with Crippen molar-refractivity contribution in [2.45, 2.75) is 0 Å². The first kappa shape index (κ1) is 12.3. The predicted octanol–water partition coefficient (Wildman–Crippen LogP) is 2.43. The lowest BCUT2D eigenvalue weighted by Gasteiger charge is -2.04. The number of rotatable bonds is 3. The molecule has 2 heterocycles. The molecule has 0 aliphatic rings. The molecule has 1 amide bonds. The Hall–Kier alpha value is -2.76. The van der Waals surface area contributed by atoms with Crippen LogP contribution in [0.15, 0.2) is 41.1 Å². The van der Waals surface area contributed by atoms with Crippen LogP contribution in [0.1, 0.15) is 10.5 Å². The van der Waals surface area contributed by atoms with Gasteiger partial charge in [0.15, 0.2) is 5.82 Å². The van der Waals surface area contributed by atoms with Crippen LogP contribution in [0.3, 0.4) is 0 Å². The number of nitrogens with zero attached hydrogens (tertiary/aromatic N) is 2. The molecule has 0 atom stereocenters. The van der Waals surface area contributed by atoms with E-state index >= 15 is 0 Å². The summed E-state index contributed by atoms with van der Waals surface area (Å²) in [4.78, 5) is 12.2. The Bertz CT molecular complexity index is 759. The van der Waals surface area contributed by atoms with Gasteiger partial charge in [-0.05, 0) is 18.2 Å². The van der Waals surface area contributed by atoms with Crippen LogP contribution < -0.4 is 10.1 Å². The second kappa shape index (κ2) is 4.73. The molecule has 0 radical (unpaired) electrons. The van der Waals surface area contributed by atoms with Crippen LogP contribution in [0.4, 0.5) is 5.82 Å². The van der Waals surface area contributed by atoms with Gasteiger partial charge in [-0.15, -0.1) is 0 Å². The number of hydrogen-bond acceptors (Lipinski definition) is 4. The molecule has 2 aromatic heterocycles. The number of anilines is 1. The molecule has 0 bridgehead atoms. The Kier molecular flexibility index (Phi) is 2.90. The van der Waals surface area contributed by atoms with Crippen LogP contribution in [0, 0.1) is 0 Å². The number of amides is 1. The monoisotopic (exact) mass is 271 g/mol. The van der Waals surface area contributed by atoms with Gasteiger partial charge in [0.2, 0.25) is 0 Å². The fraction of sp³-hybridized carbons (Fsp3) is 0.143. The normalized spacial score (nSPS) is 10.7. The zero-order valence-corrected chi connectivity index (χ0v) is 11.1. The van der Waals surface area contributed by atoms with E-state index in [0.717, 1.165) is 16.7 Å². The van der Waals surface area contributed by atoms with Gasteiger partial charge < -0.3 is 19.1 Å². The van der Waals surface area contributed by atoms with Gasteiger partial charge in [-0.1, -0.05) is 11.2 Å². The summed E-state index contributed by atoms with van der Waals surface area (Å²) in [5.41, 5.74) is 1.45. The molecule has 20 heavy (non-hydrogen) atoms. The molecular weight excluding hydrogens is 258 g/mol. The molecule has 0 fully saturated rings. The van der Waals surface area contributed by atoms with E-state index in [4.69, 9.17) is 4.74 Å². The first-order valence-electron chi connectivity index (χ1n) is 6.05. The lowest BCUT2D eigenvalue weighted by Crippen LogP contribution is -2.15. The second-order valence-electron chi connectivity index (χ2n) is 4.32. The minimum Gasteiger partial charge on any atom is -0.496 e. The summed E-state index contributed by atoms with van der Waals surface area (Å²) in [7, 11) is 3.44. The Labute approximate surface area is 114 Å². The summed E-state index contributed by atoms with van der Waals surface area (Å²) in [6, 6.07) is 9.07. The molecule has 6 heteroatoms. The largest absolute Gasteiger partial charge is 0.496 e. The summed E-state index contributed by atoms with van der Waals surface area (Å²) in [6.45, 7) is 0. The number of nitrogens with one attached hydrogen (secondary N) is 1. The van der Waals surface area contributed by atoms with Crippen molar-refractivity contribution < 1.29 is 14.1 Å². The summed E-state index contributed by atoms with van der Waals surface area (Å²) in [6.07, 6.45) is 1.40. The number of fused-ring (bicyclic) bond motifs is 1. The maximum atomic E-state index is 12.2. The van der Waals surface area contributed by atoms with Gasteiger partial charge in [-0.3, -0.25) is 4.79 Å². The highest BCUT2D eigenvalue weighted by Crippen LogP contribution is 2.28. The molecule has 0 aliphatic heterocycles. The number of hydrogen-bond donors (Lipinski definition) is 1. The number of ether oxygens (including phenoxy) is 1. The van der Waals surface area contributed by atoms with Crippen LogP contribution in [0.5, 0.6) is 5.75 Å². The smallest absolute Gasteiger partial charge is 0.273 e. The van der Waals surface area contributed by atoms with E-state index in [0.29, 0.717) is 11.5 Å². The molecule has 3 rings (SSSR count). The second-order valence-corrected chi connectivity index (χ2v) is 4.32. The molecule has 0 saturated heterocycles. The van der Waals surface area contributed by atoms with Gasteiger partial charge in [0.25, 0.3) is 5.91 Å². The quantitative estimate of drug-likeness (QED) is 0.794. The first-order valence-corrected chi connectivity index (χ1v) is 6.05. The van der Waals surface area contributed by atoms with E-state index in [9.17, 15) is 4.79 Å². The minimum atomic E-state index is -0.250. The topological polar surface area (TPSA) is 69.3 Å². The van der Waals surface area contributed by atoms with Crippen LogP contribution in [-0.2, 0) is 7.05 Å². The number of aromatic nitrogens is 2. The zero-order chi connectivity index (χ0) is 14.1. The van der Waals surface area contributed by atoms with Gasteiger partial charge in [-0.2, -0.15) is 0 Å². The minimum absolute atomic E-state index is 0.250. The van der Waals surface area contributed by atoms with Crippen molar-refractivity contribution in [3.63, 3.8) is 0 Å². The lowest BCUT2D eigenvalue weighted by molar-refractivity contribution is 0.101. The van der Waals surface area contributed by atoms with Crippen molar-refractivity contribution >= 4 is 22.6 Å². The SMILES string of the molecule is COc1cccc2c1cc(C(=O)Nc1ccon1)n2C. The number of aryl methyl sites for hydroxylation is 1. The maximum Gasteiger partial charge on any atom is 0.273 e. The van der Waals surface area contributed by atoms with Crippen molar-refractivity contribution in [2.75, 3.05) is 12.4 Å². The summed E-state index contributed by atoms with van der Waals surface area (Å²) in [5.74, 6) is 0.866. The molecule has 0 saturated carbocycles. The summed E-state index contributed by atoms with van der Waals surface area (Å²) >= 11 is 0. The molecule has 0 spiro atoms. The number of carbonyl (C=O) groups is 1. The maximum absolute atomic E-state index is 12.2. The highest BCUT2D eigenvalue weighted by atomic mass is 16.5. The van der Waals surface area contributed by atoms with Crippen molar-refractivity contribution in [1.82, 2.24) is 9.72 Å². The lowest BCUT2D eigenvalue weighted by atomic mass is 10.2. The van der Waals surface area contributed by atoms with E-state index in [1.807, 2.05) is 29.8 Å². The number of methoxy groups -OCH3 is 1. The average Bonchev–Trinajstić information content (AvgIpc) is 3.07. The Morgan fingerprint density at radius 2 is 2.25 bits per heavy atom. The molecular formula is C14H13N3O3. The highest BCUT2D eigenvalue weighted by molar-refractivity contribution is 6.06. The van der Waals surface area contributed by atoms with Crippen LogP contribution in [-0.4, -0.2) is 22.7 Å². The fourth-order valence-electron chi connectivity index (χ4n) is 2.19. The van der Waals surface area contributed by atoms with Gasteiger partial charge in [0.1, 0.15) is 17.7 Å². The van der Waals surface area contributed by atoms with E-state index in [2.05, 4.69) is 15.0 Å². The standard InChI is InChI=1S/C14H13N3O3/c1-17-10-4-3-5-12(19-2)9(10)8-11(17)14(18)15-13-6-7-20-16-13/h3-8H,1-2H3,(H,15,16,18). The van der Waals surface area contributed by atoms with Crippen LogP contribution in [0.25, 0.3) is 10.9 Å². The predicted molar refractivity (Wildman–Crippen MR) is 73.9 cm³/mol. The summed E-state index contributed by atoms with van der Waals surface area (Å²) < 4.78 is 11.8. The Morgan fingerprint density at radius 1 is 1.40 bits per heavy atom. The van der Waals surface area contributed by atoms with Gasteiger partial charge in [0, 0.05) is 18.5 Å². The van der Waals surface area contributed by atoms with Crippen molar-refractivity contribution in [2.24, 2.45) is 7.05 Å². The van der Waals surface area contributed by atoms with Crippen molar-refractivity contribution in [3.05, 3.63) is 42.3 Å². The van der Waals surface area contributed by atoms with E-state index in [-0.39, 0.29) is 5.91 Å². The molecule has 3 aromatic rings. The Balaban J connectivity index is 2.03. The number of benzene rings is 1. The van der Waals surface area contributed by atoms with Crippen LogP contribution in [0.2, 0.25) is 0 Å². The van der Waals surface area contributed by atoms with E-state index < -0.39 is 0 Å². The molecule has 0 aliphatic carbocycles. The summed E-state index contributed by atoms with van der Waals surface area (Å²) in [5, 5.41) is 7.22. The third-order valence-corrected chi connectivity index (χ3v) is 3.18. The van der Waals surface area contributed by atoms with Crippen LogP contribution >= 0.6 is 0 Å². The van der Waals surface area contributed by atoms with E-state index in [1.54, 1.807) is 19.2 Å². The molecule has 102 valence electrons. The van der Waals surface area contributed by atoms with Gasteiger partial charge in [0.05, 0.1) is 12.6 Å². The molecule has 6 nitrogen and oxygen atoms in total. The van der Waals surface area contributed by atoms with E-state index in [1.165, 1.54) is 6.26 Å². The first-order chi connectivity index (χ1) is 9.70. The average molecular weight is 271 g/mol. The number of carbonyl (C=O) groups excluding carboxylic acids is 1. The Morgan fingerprint density at radius 3 is 2.95 bits per heavy atom. The third kappa shape index (κ3) is 1.91. The highest BCUT2D eigenvalue weighted by Gasteiger charge is 2.16.